The highest BCUT2D eigenvalue weighted by atomic mass is 32.1. The number of halogens is 3. The van der Waals surface area contributed by atoms with Gasteiger partial charge in [-0.1, -0.05) is 0 Å². The van der Waals surface area contributed by atoms with Gasteiger partial charge in [0.2, 0.25) is 0 Å². The number of alkyl halides is 3. The molecule has 0 spiro atoms. The van der Waals surface area contributed by atoms with Crippen molar-refractivity contribution in [3.8, 4) is 10.4 Å². The summed E-state index contributed by atoms with van der Waals surface area (Å²) in [7, 11) is 0. The van der Waals surface area contributed by atoms with Crippen molar-refractivity contribution in [1.82, 2.24) is 20.2 Å². The van der Waals surface area contributed by atoms with E-state index in [9.17, 15) is 28.2 Å². The fourth-order valence-corrected chi connectivity index (χ4v) is 5.95. The normalized spacial score (nSPS) is 23.9. The lowest BCUT2D eigenvalue weighted by Crippen LogP contribution is -2.39. The van der Waals surface area contributed by atoms with Gasteiger partial charge >= 0.3 is 6.18 Å². The van der Waals surface area contributed by atoms with Gasteiger partial charge in [-0.25, -0.2) is 9.97 Å². The third-order valence-corrected chi connectivity index (χ3v) is 7.87. The summed E-state index contributed by atoms with van der Waals surface area (Å²) in [5.74, 6) is -0.519. The number of likely N-dealkylation sites (tertiary alicyclic amines) is 1. The van der Waals surface area contributed by atoms with Gasteiger partial charge in [0.15, 0.2) is 11.2 Å². The van der Waals surface area contributed by atoms with Gasteiger partial charge in [0.1, 0.15) is 11.5 Å². The van der Waals surface area contributed by atoms with E-state index >= 15 is 0 Å². The second-order valence-electron chi connectivity index (χ2n) is 10.9. The number of nitrogens with one attached hydrogen (secondary N) is 2. The number of aliphatic hydroxyl groups excluding tert-OH is 2. The van der Waals surface area contributed by atoms with Crippen LogP contribution < -0.4 is 10.6 Å². The van der Waals surface area contributed by atoms with Crippen LogP contribution in [0.2, 0.25) is 0 Å². The summed E-state index contributed by atoms with van der Waals surface area (Å²) in [4.78, 5) is 23.4. The molecule has 0 aromatic carbocycles. The number of pyridine rings is 1. The lowest BCUT2D eigenvalue weighted by Gasteiger charge is -2.27. The lowest BCUT2D eigenvalue weighted by atomic mass is 10.0. The minimum atomic E-state index is -4.71. The maximum absolute atomic E-state index is 14.3. The fourth-order valence-electron chi connectivity index (χ4n) is 4.94. The highest BCUT2D eigenvalue weighted by molar-refractivity contribution is 7.17. The van der Waals surface area contributed by atoms with E-state index in [1.165, 1.54) is 0 Å². The predicted molar refractivity (Wildman–Crippen MR) is 135 cm³/mol. The summed E-state index contributed by atoms with van der Waals surface area (Å²) in [5, 5.41) is 27.0. The summed E-state index contributed by atoms with van der Waals surface area (Å²) in [6, 6.07) is 0.514. The van der Waals surface area contributed by atoms with Crippen LogP contribution in [0.5, 0.6) is 0 Å². The monoisotopic (exact) mass is 541 g/mol. The van der Waals surface area contributed by atoms with Crippen molar-refractivity contribution < 1.29 is 28.2 Å². The number of hydrogen-bond donors (Lipinski definition) is 4. The van der Waals surface area contributed by atoms with Crippen molar-refractivity contribution in [2.75, 3.05) is 11.9 Å². The Balaban J connectivity index is 1.79. The van der Waals surface area contributed by atoms with Crippen molar-refractivity contribution in [3.63, 3.8) is 0 Å². The van der Waals surface area contributed by atoms with Gasteiger partial charge in [0.25, 0.3) is 5.91 Å². The van der Waals surface area contributed by atoms with Crippen molar-refractivity contribution in [2.45, 2.75) is 95.9 Å². The summed E-state index contributed by atoms with van der Waals surface area (Å²) in [6.45, 7) is 7.95. The molecule has 3 unspecified atom stereocenters. The molecule has 1 aliphatic carbocycles. The summed E-state index contributed by atoms with van der Waals surface area (Å²) in [5.41, 5.74) is -1.69. The third-order valence-electron chi connectivity index (χ3n) is 6.76. The van der Waals surface area contributed by atoms with Crippen molar-refractivity contribution in [1.29, 1.82) is 0 Å². The molecule has 2 aromatic rings. The van der Waals surface area contributed by atoms with E-state index in [0.717, 1.165) is 42.9 Å². The topological polar surface area (TPSA) is 111 Å². The van der Waals surface area contributed by atoms with E-state index in [-0.39, 0.29) is 33.0 Å². The van der Waals surface area contributed by atoms with Crippen LogP contribution in [0.4, 0.5) is 19.0 Å². The van der Waals surface area contributed by atoms with Crippen LogP contribution in [-0.2, 0) is 6.18 Å². The molecule has 3 heterocycles. The third kappa shape index (κ3) is 6.24. The number of amides is 1. The molecule has 1 saturated carbocycles. The molecule has 0 bridgehead atoms. The Morgan fingerprint density at radius 1 is 1.22 bits per heavy atom. The van der Waals surface area contributed by atoms with Crippen LogP contribution >= 0.6 is 11.3 Å². The van der Waals surface area contributed by atoms with E-state index in [1.54, 1.807) is 4.90 Å². The molecular weight excluding hydrogens is 507 g/mol. The zero-order valence-corrected chi connectivity index (χ0v) is 22.2. The van der Waals surface area contributed by atoms with Crippen molar-refractivity contribution in [2.24, 2.45) is 0 Å². The van der Waals surface area contributed by atoms with E-state index in [1.807, 2.05) is 27.7 Å². The lowest BCUT2D eigenvalue weighted by molar-refractivity contribution is -0.137. The molecular formula is C25H34F3N5O3S. The summed E-state index contributed by atoms with van der Waals surface area (Å²) in [6.07, 6.45) is -1.93. The van der Waals surface area contributed by atoms with Gasteiger partial charge in [-0.3, -0.25) is 9.69 Å². The number of nitrogens with zero attached hydrogens (tertiary/aromatic N) is 3. The Morgan fingerprint density at radius 3 is 2.51 bits per heavy atom. The molecule has 0 radical (unpaired) electrons. The fraction of sp³-hybridized carbons (Fsp3) is 0.640. The van der Waals surface area contributed by atoms with E-state index in [2.05, 4.69) is 20.6 Å². The highest BCUT2D eigenvalue weighted by Gasteiger charge is 2.39. The van der Waals surface area contributed by atoms with E-state index in [0.29, 0.717) is 19.4 Å². The zero-order valence-electron chi connectivity index (χ0n) is 21.4. The number of hydrogen-bond acceptors (Lipinski definition) is 8. The molecule has 1 saturated heterocycles. The first-order valence-corrected chi connectivity index (χ1v) is 13.4. The average Bonchev–Trinajstić information content (AvgIpc) is 3.52. The van der Waals surface area contributed by atoms with Crippen LogP contribution in [0.15, 0.2) is 12.3 Å². The minimum absolute atomic E-state index is 0.000277. The maximum Gasteiger partial charge on any atom is 0.417 e. The van der Waals surface area contributed by atoms with Crippen LogP contribution in [0, 0.1) is 0 Å². The first kappa shape index (κ1) is 27.7. The number of carbonyl (C=O) groups excluding carboxylic acids is 1. The number of rotatable bonds is 6. The molecule has 2 aromatic heterocycles. The molecule has 2 fully saturated rings. The largest absolute Gasteiger partial charge is 0.417 e. The Bertz CT molecular complexity index is 1130. The molecule has 4 rings (SSSR count). The Morgan fingerprint density at radius 2 is 1.95 bits per heavy atom. The van der Waals surface area contributed by atoms with Gasteiger partial charge in [0, 0.05) is 29.9 Å². The molecule has 8 nitrogen and oxygen atoms in total. The van der Waals surface area contributed by atoms with Crippen molar-refractivity contribution in [3.05, 3.63) is 28.5 Å². The maximum atomic E-state index is 14.3. The molecule has 4 N–H and O–H groups in total. The molecule has 4 atom stereocenters. The second kappa shape index (κ2) is 10.5. The predicted octanol–water partition coefficient (Wildman–Crippen LogP) is 4.55. The average molecular weight is 542 g/mol. The molecule has 37 heavy (non-hydrogen) atoms. The second-order valence-corrected chi connectivity index (χ2v) is 11.9. The molecule has 2 aliphatic rings. The standard InChI is InChI=1S/C25H34F3N5O3S/c1-13-7-6-10-33(13)23(36)19-20(37-22(31-19)21(35)30-16-8-5-9-17(16)34)14-12-29-18(32-24(2,3)4)11-15(14)25(26,27)28/h11-13,16-17,23,34,36H,5-10H2,1-4H3,(H,29,32)(H,30,35)/t13-,16?,17?,23?/m0/s1. The van der Waals surface area contributed by atoms with Gasteiger partial charge < -0.3 is 20.8 Å². The van der Waals surface area contributed by atoms with Crippen LogP contribution in [0.25, 0.3) is 10.4 Å². The van der Waals surface area contributed by atoms with Crippen LogP contribution in [0.1, 0.15) is 87.1 Å². The van der Waals surface area contributed by atoms with Gasteiger partial charge in [-0.15, -0.1) is 11.3 Å². The number of carbonyl (C=O) groups is 1. The zero-order chi connectivity index (χ0) is 27.1. The number of aliphatic hydroxyl groups is 2. The Hall–Kier alpha value is -2.28. The van der Waals surface area contributed by atoms with Crippen molar-refractivity contribution >= 4 is 23.1 Å². The quantitative estimate of drug-likeness (QED) is 0.425. The van der Waals surface area contributed by atoms with E-state index in [4.69, 9.17) is 0 Å². The minimum Gasteiger partial charge on any atom is -0.391 e. The molecule has 204 valence electrons. The molecule has 1 aliphatic heterocycles. The first-order valence-electron chi connectivity index (χ1n) is 12.5. The Labute approximate surface area is 218 Å². The van der Waals surface area contributed by atoms with Gasteiger partial charge in [-0.2, -0.15) is 13.2 Å². The van der Waals surface area contributed by atoms with Crippen LogP contribution in [0.3, 0.4) is 0 Å². The highest BCUT2D eigenvalue weighted by Crippen LogP contribution is 2.44. The number of aromatic nitrogens is 2. The van der Waals surface area contributed by atoms with Gasteiger partial charge in [-0.05, 0) is 65.9 Å². The summed E-state index contributed by atoms with van der Waals surface area (Å²) < 4.78 is 42.8. The molecule has 12 heteroatoms. The number of thiazole rings is 1. The van der Waals surface area contributed by atoms with Gasteiger partial charge in [0.05, 0.1) is 22.6 Å². The van der Waals surface area contributed by atoms with E-state index < -0.39 is 41.6 Å². The first-order chi connectivity index (χ1) is 17.2. The smallest absolute Gasteiger partial charge is 0.391 e. The molecule has 1 amide bonds. The Kier molecular flexibility index (Phi) is 7.85. The van der Waals surface area contributed by atoms with Crippen LogP contribution in [-0.4, -0.2) is 61.3 Å². The SMILES string of the molecule is C[C@H]1CCCN1C(O)c1nc(C(=O)NC2CCCC2O)sc1-c1cnc(NC(C)(C)C)cc1C(F)(F)F. The summed E-state index contributed by atoms with van der Waals surface area (Å²) >= 11 is 0.791. The number of anilines is 1.